The molecule has 17 heavy (non-hydrogen) atoms. The van der Waals surface area contributed by atoms with Crippen molar-refractivity contribution in [2.75, 3.05) is 0 Å². The van der Waals surface area contributed by atoms with Gasteiger partial charge in [0.25, 0.3) is 0 Å². The molecule has 0 aromatic carbocycles. The third-order valence-electron chi connectivity index (χ3n) is 5.60. The largest absolute Gasteiger partial charge is 0.390 e. The van der Waals surface area contributed by atoms with Crippen LogP contribution in [-0.4, -0.2) is 22.9 Å². The van der Waals surface area contributed by atoms with Gasteiger partial charge in [-0.05, 0) is 49.9 Å². The molecule has 2 aliphatic carbocycles. The summed E-state index contributed by atoms with van der Waals surface area (Å²) in [6.45, 7) is 11.0. The predicted octanol–water partition coefficient (Wildman–Crippen LogP) is 2.91. The molecular weight excluding hydrogens is 212 g/mol. The highest BCUT2D eigenvalue weighted by Crippen LogP contribution is 2.59. The molecule has 96 valence electrons. The van der Waals surface area contributed by atoms with Crippen molar-refractivity contribution < 1.29 is 9.84 Å². The summed E-state index contributed by atoms with van der Waals surface area (Å²) in [5.74, 6) is 1.23. The molecule has 2 heteroatoms. The van der Waals surface area contributed by atoms with Crippen molar-refractivity contribution in [3.63, 3.8) is 0 Å². The van der Waals surface area contributed by atoms with Crippen molar-refractivity contribution in [3.8, 4) is 0 Å². The average molecular weight is 236 g/mol. The maximum Gasteiger partial charge on any atom is 0.118 e. The quantitative estimate of drug-likeness (QED) is 0.518. The highest BCUT2D eigenvalue weighted by Gasteiger charge is 2.60. The number of aliphatic hydroxyl groups is 1. The van der Waals surface area contributed by atoms with Gasteiger partial charge in [-0.3, -0.25) is 0 Å². The number of epoxide rings is 1. The van der Waals surface area contributed by atoms with E-state index in [-0.39, 0.29) is 17.8 Å². The van der Waals surface area contributed by atoms with E-state index in [1.165, 1.54) is 12.0 Å². The molecule has 1 N–H and O–H groups in total. The molecule has 0 amide bonds. The first-order valence-corrected chi connectivity index (χ1v) is 6.88. The molecule has 0 unspecified atom stereocenters. The van der Waals surface area contributed by atoms with Gasteiger partial charge in [0.15, 0.2) is 0 Å². The van der Waals surface area contributed by atoms with Crippen LogP contribution in [0.25, 0.3) is 0 Å². The Hall–Kier alpha value is -0.340. The van der Waals surface area contributed by atoms with Crippen LogP contribution in [-0.2, 0) is 4.74 Å². The lowest BCUT2D eigenvalue weighted by Crippen LogP contribution is -2.47. The van der Waals surface area contributed by atoms with Crippen LogP contribution in [0.1, 0.15) is 46.5 Å². The Balaban J connectivity index is 1.83. The van der Waals surface area contributed by atoms with Crippen LogP contribution >= 0.6 is 0 Å². The van der Waals surface area contributed by atoms with Crippen molar-refractivity contribution in [3.05, 3.63) is 12.2 Å². The van der Waals surface area contributed by atoms with Crippen LogP contribution in [0.3, 0.4) is 0 Å². The van der Waals surface area contributed by atoms with E-state index >= 15 is 0 Å². The number of rotatable bonds is 0. The van der Waals surface area contributed by atoms with E-state index in [0.29, 0.717) is 17.3 Å². The molecule has 2 saturated carbocycles. The van der Waals surface area contributed by atoms with Gasteiger partial charge in [-0.15, -0.1) is 0 Å². The first kappa shape index (κ1) is 11.7. The number of fused-ring (bicyclic) bond motifs is 2. The monoisotopic (exact) mass is 236 g/mol. The summed E-state index contributed by atoms with van der Waals surface area (Å²) in [6.07, 6.45) is 4.19. The lowest BCUT2D eigenvalue weighted by atomic mass is 9.52. The number of hydrogen-bond acceptors (Lipinski definition) is 2. The molecule has 1 saturated heterocycles. The van der Waals surface area contributed by atoms with Crippen LogP contribution in [0.4, 0.5) is 0 Å². The summed E-state index contributed by atoms with van der Waals surface area (Å²) >= 11 is 0. The first-order valence-electron chi connectivity index (χ1n) is 6.88. The van der Waals surface area contributed by atoms with E-state index < -0.39 is 0 Å². The van der Waals surface area contributed by atoms with Crippen LogP contribution in [0.2, 0.25) is 0 Å². The van der Waals surface area contributed by atoms with Gasteiger partial charge in [-0.2, -0.15) is 0 Å². The zero-order valence-electron chi connectivity index (χ0n) is 11.2. The molecule has 1 heterocycles. The zero-order valence-corrected chi connectivity index (χ0v) is 11.2. The van der Waals surface area contributed by atoms with E-state index in [9.17, 15) is 5.11 Å². The summed E-state index contributed by atoms with van der Waals surface area (Å²) in [5.41, 5.74) is 1.49. The molecule has 3 aliphatic rings. The molecule has 3 rings (SSSR count). The topological polar surface area (TPSA) is 32.8 Å². The van der Waals surface area contributed by atoms with Crippen molar-refractivity contribution in [2.24, 2.45) is 17.3 Å². The Morgan fingerprint density at radius 1 is 1.35 bits per heavy atom. The normalized spacial score (nSPS) is 52.4. The van der Waals surface area contributed by atoms with E-state index in [1.54, 1.807) is 0 Å². The van der Waals surface area contributed by atoms with Gasteiger partial charge in [-0.1, -0.05) is 26.0 Å². The zero-order chi connectivity index (χ0) is 12.4. The predicted molar refractivity (Wildman–Crippen MR) is 67.7 cm³/mol. The van der Waals surface area contributed by atoms with Gasteiger partial charge in [0.2, 0.25) is 0 Å². The Labute approximate surface area is 104 Å². The maximum atomic E-state index is 10.4. The third kappa shape index (κ3) is 1.61. The van der Waals surface area contributed by atoms with Crippen LogP contribution in [0.15, 0.2) is 12.2 Å². The van der Waals surface area contributed by atoms with E-state index in [0.717, 1.165) is 19.3 Å². The van der Waals surface area contributed by atoms with Crippen LogP contribution in [0.5, 0.6) is 0 Å². The molecule has 5 atom stereocenters. The van der Waals surface area contributed by atoms with Gasteiger partial charge < -0.3 is 9.84 Å². The smallest absolute Gasteiger partial charge is 0.118 e. The standard InChI is InChI=1S/C15H24O2/c1-9-5-6-13-15(4,17-13)12(16)7-11-10(9)8-14(11,2)3/h10-13,16H,1,5-8H2,2-4H3/t10-,11-,12-,13+,15-/m1/s1. The van der Waals surface area contributed by atoms with Gasteiger partial charge in [0.1, 0.15) is 5.60 Å². The van der Waals surface area contributed by atoms with Gasteiger partial charge >= 0.3 is 0 Å². The molecule has 2 nitrogen and oxygen atoms in total. The number of hydrogen-bond donors (Lipinski definition) is 1. The minimum Gasteiger partial charge on any atom is -0.390 e. The Morgan fingerprint density at radius 2 is 2.06 bits per heavy atom. The van der Waals surface area contributed by atoms with E-state index in [1.807, 2.05) is 0 Å². The molecule has 1 aliphatic heterocycles. The average Bonchev–Trinajstić information content (AvgIpc) is 2.91. The summed E-state index contributed by atoms with van der Waals surface area (Å²) in [7, 11) is 0. The molecular formula is C15H24O2. The van der Waals surface area contributed by atoms with Gasteiger partial charge in [-0.25, -0.2) is 0 Å². The van der Waals surface area contributed by atoms with Crippen LogP contribution in [0, 0.1) is 17.3 Å². The molecule has 0 aromatic heterocycles. The lowest BCUT2D eigenvalue weighted by Gasteiger charge is -2.53. The van der Waals surface area contributed by atoms with E-state index in [2.05, 4.69) is 27.4 Å². The Kier molecular flexibility index (Phi) is 2.32. The van der Waals surface area contributed by atoms with Gasteiger partial charge in [0, 0.05) is 0 Å². The molecule has 3 fully saturated rings. The number of allylic oxidation sites excluding steroid dienone is 1. The highest BCUT2D eigenvalue weighted by atomic mass is 16.6. The summed E-state index contributed by atoms with van der Waals surface area (Å²) in [4.78, 5) is 0. The summed E-state index contributed by atoms with van der Waals surface area (Å²) in [6, 6.07) is 0. The second-order valence-electron chi connectivity index (χ2n) is 7.14. The summed E-state index contributed by atoms with van der Waals surface area (Å²) in [5, 5.41) is 10.4. The van der Waals surface area contributed by atoms with Crippen molar-refractivity contribution in [1.29, 1.82) is 0 Å². The lowest BCUT2D eigenvalue weighted by molar-refractivity contribution is -0.0430. The first-order chi connectivity index (χ1) is 7.84. The fraction of sp³-hybridized carbons (Fsp3) is 0.867. The summed E-state index contributed by atoms with van der Waals surface area (Å²) < 4.78 is 5.73. The minimum absolute atomic E-state index is 0.259. The Bertz CT molecular complexity index is 360. The van der Waals surface area contributed by atoms with E-state index in [4.69, 9.17) is 4.74 Å². The third-order valence-corrected chi connectivity index (χ3v) is 5.60. The fourth-order valence-corrected chi connectivity index (χ4v) is 4.04. The molecule has 0 aromatic rings. The second-order valence-corrected chi connectivity index (χ2v) is 7.14. The second kappa shape index (κ2) is 3.36. The maximum absolute atomic E-state index is 10.4. The molecule has 0 bridgehead atoms. The molecule has 0 radical (unpaired) electrons. The number of aliphatic hydroxyl groups excluding tert-OH is 1. The fourth-order valence-electron chi connectivity index (χ4n) is 4.04. The Morgan fingerprint density at radius 3 is 2.71 bits per heavy atom. The van der Waals surface area contributed by atoms with Crippen molar-refractivity contribution in [1.82, 2.24) is 0 Å². The van der Waals surface area contributed by atoms with Crippen molar-refractivity contribution in [2.45, 2.75) is 64.3 Å². The number of ether oxygens (including phenoxy) is 1. The minimum atomic E-state index is -0.300. The van der Waals surface area contributed by atoms with Crippen LogP contribution < -0.4 is 0 Å². The van der Waals surface area contributed by atoms with Crippen molar-refractivity contribution >= 4 is 0 Å². The van der Waals surface area contributed by atoms with Gasteiger partial charge in [0.05, 0.1) is 12.2 Å². The SMILES string of the molecule is C=C1CC[C@@H]2O[C@]2(C)[C@H](O)C[C@@H]2[C@@H]1CC2(C)C. The highest BCUT2D eigenvalue weighted by molar-refractivity contribution is 5.18. The molecule has 0 spiro atoms.